The average molecular weight is 315 g/mol. The van der Waals surface area contributed by atoms with Crippen LogP contribution in [0.2, 0.25) is 0 Å². The predicted octanol–water partition coefficient (Wildman–Crippen LogP) is 3.85. The number of aliphatic hydroxyl groups is 1. The molecule has 1 aromatic heterocycles. The van der Waals surface area contributed by atoms with Gasteiger partial charge in [0.1, 0.15) is 0 Å². The first-order valence-electron chi connectivity index (χ1n) is 6.44. The Morgan fingerprint density at radius 3 is 2.52 bits per heavy atom. The lowest BCUT2D eigenvalue weighted by molar-refractivity contribution is -0.137. The Kier molecular flexibility index (Phi) is 4.70. The molecule has 2 nitrogen and oxygen atoms in total. The molecule has 0 aliphatic rings. The predicted molar refractivity (Wildman–Crippen MR) is 77.3 cm³/mol. The second-order valence-corrected chi connectivity index (χ2v) is 5.83. The van der Waals surface area contributed by atoms with Crippen molar-refractivity contribution in [2.75, 3.05) is 6.54 Å². The standard InChI is InChI=1S/C15H16F3NOS/c1-9-5-6-21-14(9)13(20)12(8-19)10-3-2-4-11(7-10)15(16,17)18/h2-7,12-13,20H,8,19H2,1H3. The second kappa shape index (κ2) is 6.17. The van der Waals surface area contributed by atoms with Gasteiger partial charge in [-0.15, -0.1) is 11.3 Å². The zero-order valence-corrected chi connectivity index (χ0v) is 12.2. The number of rotatable bonds is 4. The Bertz CT molecular complexity index is 609. The summed E-state index contributed by atoms with van der Waals surface area (Å²) in [6.07, 6.45) is -5.31. The van der Waals surface area contributed by atoms with Gasteiger partial charge in [-0.05, 0) is 35.6 Å². The van der Waals surface area contributed by atoms with E-state index in [0.717, 1.165) is 22.6 Å². The Morgan fingerprint density at radius 2 is 2.00 bits per heavy atom. The summed E-state index contributed by atoms with van der Waals surface area (Å²) in [5.74, 6) is -0.565. The Hall–Kier alpha value is -1.37. The van der Waals surface area contributed by atoms with Crippen LogP contribution in [0.5, 0.6) is 0 Å². The lowest BCUT2D eigenvalue weighted by Crippen LogP contribution is -2.20. The number of nitrogens with two attached hydrogens (primary N) is 1. The minimum atomic E-state index is -4.40. The van der Waals surface area contributed by atoms with Crippen molar-refractivity contribution in [1.29, 1.82) is 0 Å². The van der Waals surface area contributed by atoms with Gasteiger partial charge in [-0.2, -0.15) is 13.2 Å². The summed E-state index contributed by atoms with van der Waals surface area (Å²) in [6.45, 7) is 1.93. The molecule has 114 valence electrons. The van der Waals surface area contributed by atoms with Gasteiger partial charge < -0.3 is 10.8 Å². The van der Waals surface area contributed by atoms with Gasteiger partial charge in [0.2, 0.25) is 0 Å². The maximum atomic E-state index is 12.8. The van der Waals surface area contributed by atoms with Crippen LogP contribution in [0.4, 0.5) is 13.2 Å². The van der Waals surface area contributed by atoms with Crippen molar-refractivity contribution in [3.63, 3.8) is 0 Å². The molecule has 0 amide bonds. The molecule has 0 bridgehead atoms. The summed E-state index contributed by atoms with van der Waals surface area (Å²) in [6, 6.07) is 6.85. The first-order chi connectivity index (χ1) is 9.84. The van der Waals surface area contributed by atoms with Crippen molar-refractivity contribution < 1.29 is 18.3 Å². The molecule has 2 atom stereocenters. The third-order valence-corrected chi connectivity index (χ3v) is 4.54. The lowest BCUT2D eigenvalue weighted by Gasteiger charge is -2.22. The van der Waals surface area contributed by atoms with Crippen LogP contribution in [0, 0.1) is 6.92 Å². The topological polar surface area (TPSA) is 46.2 Å². The Balaban J connectivity index is 2.36. The molecule has 1 aromatic carbocycles. The molecular weight excluding hydrogens is 299 g/mol. The number of hydrogen-bond donors (Lipinski definition) is 2. The molecule has 0 saturated heterocycles. The maximum Gasteiger partial charge on any atom is 0.416 e. The summed E-state index contributed by atoms with van der Waals surface area (Å²) in [7, 11) is 0. The van der Waals surface area contributed by atoms with Crippen molar-refractivity contribution in [2.45, 2.75) is 25.1 Å². The Labute approximate surface area is 125 Å². The first kappa shape index (κ1) is 16.0. The molecule has 0 saturated carbocycles. The van der Waals surface area contributed by atoms with Gasteiger partial charge in [0.15, 0.2) is 0 Å². The van der Waals surface area contributed by atoms with E-state index in [1.165, 1.54) is 17.4 Å². The van der Waals surface area contributed by atoms with E-state index in [1.807, 2.05) is 18.4 Å². The summed E-state index contributed by atoms with van der Waals surface area (Å²) in [5, 5.41) is 12.3. The van der Waals surface area contributed by atoms with Crippen LogP contribution in [0.3, 0.4) is 0 Å². The molecule has 6 heteroatoms. The molecule has 3 N–H and O–H groups in total. The van der Waals surface area contributed by atoms with Crippen molar-refractivity contribution in [3.05, 3.63) is 57.3 Å². The fourth-order valence-corrected chi connectivity index (χ4v) is 3.24. The smallest absolute Gasteiger partial charge is 0.387 e. The van der Waals surface area contributed by atoms with E-state index < -0.39 is 23.8 Å². The van der Waals surface area contributed by atoms with Crippen LogP contribution in [0.15, 0.2) is 35.7 Å². The van der Waals surface area contributed by atoms with Crippen LogP contribution in [0.1, 0.15) is 33.6 Å². The number of aliphatic hydroxyl groups excluding tert-OH is 1. The number of alkyl halides is 3. The van der Waals surface area contributed by atoms with Gasteiger partial charge >= 0.3 is 6.18 Å². The lowest BCUT2D eigenvalue weighted by atomic mass is 9.90. The van der Waals surface area contributed by atoms with Gasteiger partial charge in [0, 0.05) is 17.3 Å². The largest absolute Gasteiger partial charge is 0.416 e. The number of hydrogen-bond acceptors (Lipinski definition) is 3. The Morgan fingerprint density at radius 1 is 1.29 bits per heavy atom. The molecule has 0 fully saturated rings. The van der Waals surface area contributed by atoms with Gasteiger partial charge in [0.25, 0.3) is 0 Å². The summed E-state index contributed by atoms with van der Waals surface area (Å²) >= 11 is 1.38. The third kappa shape index (κ3) is 3.45. The average Bonchev–Trinajstić information content (AvgIpc) is 2.85. The summed E-state index contributed by atoms with van der Waals surface area (Å²) < 4.78 is 38.3. The molecular formula is C15H16F3NOS. The zero-order chi connectivity index (χ0) is 15.6. The summed E-state index contributed by atoms with van der Waals surface area (Å²) in [5.41, 5.74) is 6.27. The van der Waals surface area contributed by atoms with E-state index in [2.05, 4.69) is 0 Å². The quantitative estimate of drug-likeness (QED) is 0.900. The number of aryl methyl sites for hydroxylation is 1. The highest BCUT2D eigenvalue weighted by Gasteiger charge is 2.32. The van der Waals surface area contributed by atoms with Crippen LogP contribution in [-0.4, -0.2) is 11.7 Å². The van der Waals surface area contributed by atoms with E-state index >= 15 is 0 Å². The highest BCUT2D eigenvalue weighted by molar-refractivity contribution is 7.10. The zero-order valence-electron chi connectivity index (χ0n) is 11.4. The molecule has 2 unspecified atom stereocenters. The van der Waals surface area contributed by atoms with Gasteiger partial charge in [-0.3, -0.25) is 0 Å². The van der Waals surface area contributed by atoms with Crippen molar-refractivity contribution >= 4 is 11.3 Å². The van der Waals surface area contributed by atoms with Crippen molar-refractivity contribution in [1.82, 2.24) is 0 Å². The minimum absolute atomic E-state index is 0.0693. The number of halogens is 3. The van der Waals surface area contributed by atoms with Gasteiger partial charge in [-0.1, -0.05) is 18.2 Å². The molecule has 0 spiro atoms. The number of thiophene rings is 1. The third-order valence-electron chi connectivity index (χ3n) is 3.45. The SMILES string of the molecule is Cc1ccsc1C(O)C(CN)c1cccc(C(F)(F)F)c1. The van der Waals surface area contributed by atoms with Crippen LogP contribution in [0.25, 0.3) is 0 Å². The van der Waals surface area contributed by atoms with E-state index in [9.17, 15) is 18.3 Å². The minimum Gasteiger partial charge on any atom is -0.387 e. The molecule has 2 aromatic rings. The maximum absolute atomic E-state index is 12.8. The van der Waals surface area contributed by atoms with Crippen LogP contribution >= 0.6 is 11.3 Å². The van der Waals surface area contributed by atoms with Crippen LogP contribution in [-0.2, 0) is 6.18 Å². The highest BCUT2D eigenvalue weighted by atomic mass is 32.1. The van der Waals surface area contributed by atoms with Gasteiger partial charge in [-0.25, -0.2) is 0 Å². The molecule has 21 heavy (non-hydrogen) atoms. The number of benzene rings is 1. The molecule has 0 radical (unpaired) electrons. The van der Waals surface area contributed by atoms with E-state index in [0.29, 0.717) is 5.56 Å². The molecule has 0 aliphatic heterocycles. The molecule has 2 rings (SSSR count). The molecule has 1 heterocycles. The molecule has 0 aliphatic carbocycles. The fraction of sp³-hybridized carbons (Fsp3) is 0.333. The first-order valence-corrected chi connectivity index (χ1v) is 7.32. The second-order valence-electron chi connectivity index (χ2n) is 4.88. The van der Waals surface area contributed by atoms with Crippen molar-refractivity contribution in [2.24, 2.45) is 5.73 Å². The van der Waals surface area contributed by atoms with E-state index in [-0.39, 0.29) is 6.54 Å². The van der Waals surface area contributed by atoms with E-state index in [4.69, 9.17) is 5.73 Å². The monoisotopic (exact) mass is 315 g/mol. The van der Waals surface area contributed by atoms with Crippen LogP contribution < -0.4 is 5.73 Å². The fourth-order valence-electron chi connectivity index (χ4n) is 2.26. The highest BCUT2D eigenvalue weighted by Crippen LogP contribution is 2.37. The summed E-state index contributed by atoms with van der Waals surface area (Å²) in [4.78, 5) is 0.739. The van der Waals surface area contributed by atoms with E-state index in [1.54, 1.807) is 6.07 Å². The normalized spacial score (nSPS) is 15.0. The van der Waals surface area contributed by atoms with Gasteiger partial charge in [0.05, 0.1) is 11.7 Å². The van der Waals surface area contributed by atoms with Crippen molar-refractivity contribution in [3.8, 4) is 0 Å².